The Morgan fingerprint density at radius 3 is 2.72 bits per heavy atom. The van der Waals surface area contributed by atoms with Crippen LogP contribution >= 0.6 is 24.0 Å². The van der Waals surface area contributed by atoms with Crippen LogP contribution < -0.4 is 10.1 Å². The molecule has 7 heteroatoms. The average Bonchev–Trinajstić information content (AvgIpc) is 3.09. The molecule has 2 aromatic rings. The minimum absolute atomic E-state index is 0. The number of guanidine groups is 1. The first kappa shape index (κ1) is 19.4. The highest BCUT2D eigenvalue weighted by atomic mass is 127. The first-order valence-electron chi connectivity index (χ1n) is 8.28. The molecule has 3 rings (SSSR count). The van der Waals surface area contributed by atoms with Gasteiger partial charge in [-0.05, 0) is 18.2 Å². The zero-order valence-electron chi connectivity index (χ0n) is 14.3. The van der Waals surface area contributed by atoms with Crippen molar-refractivity contribution in [1.82, 2.24) is 20.2 Å². The van der Waals surface area contributed by atoms with E-state index in [4.69, 9.17) is 4.74 Å². The summed E-state index contributed by atoms with van der Waals surface area (Å²) in [5.74, 6) is 1.60. The number of hydrogen-bond acceptors (Lipinski definition) is 4. The standard InChI is InChI=1S/C18H23N5O.HI/c1-19-18(22-12-8-15-6-2-4-10-20-15)23-13-9-16(14-23)24-17-7-3-5-11-21-17;/h2-7,10-11,16H,8-9,12-14H2,1H3,(H,19,22);1H. The highest BCUT2D eigenvalue weighted by Crippen LogP contribution is 2.16. The molecule has 0 aromatic carbocycles. The molecule has 6 nitrogen and oxygen atoms in total. The summed E-state index contributed by atoms with van der Waals surface area (Å²) in [5.41, 5.74) is 1.08. The molecule has 1 saturated heterocycles. The Morgan fingerprint density at radius 1 is 1.24 bits per heavy atom. The number of nitrogens with zero attached hydrogens (tertiary/aromatic N) is 4. The van der Waals surface area contributed by atoms with E-state index < -0.39 is 0 Å². The third kappa shape index (κ3) is 5.84. The third-order valence-corrected chi connectivity index (χ3v) is 3.97. The predicted octanol–water partition coefficient (Wildman–Crippen LogP) is 2.37. The van der Waals surface area contributed by atoms with Gasteiger partial charge in [-0.1, -0.05) is 12.1 Å². The van der Waals surface area contributed by atoms with E-state index in [1.165, 1.54) is 0 Å². The molecule has 1 atom stereocenters. The van der Waals surface area contributed by atoms with Crippen LogP contribution in [0.2, 0.25) is 0 Å². The quantitative estimate of drug-likeness (QED) is 0.428. The van der Waals surface area contributed by atoms with Crippen LogP contribution in [0.15, 0.2) is 53.8 Å². The lowest BCUT2D eigenvalue weighted by Gasteiger charge is -2.21. The van der Waals surface area contributed by atoms with Gasteiger partial charge in [0.05, 0.1) is 6.54 Å². The topological polar surface area (TPSA) is 62.6 Å². The monoisotopic (exact) mass is 453 g/mol. The molecular formula is C18H24IN5O. The van der Waals surface area contributed by atoms with Gasteiger partial charge in [0.15, 0.2) is 5.96 Å². The second-order valence-electron chi connectivity index (χ2n) is 5.69. The molecule has 0 amide bonds. The maximum absolute atomic E-state index is 5.93. The van der Waals surface area contributed by atoms with Gasteiger partial charge >= 0.3 is 0 Å². The summed E-state index contributed by atoms with van der Waals surface area (Å²) in [6, 6.07) is 11.7. The van der Waals surface area contributed by atoms with Crippen molar-refractivity contribution in [2.45, 2.75) is 18.9 Å². The fourth-order valence-corrected chi connectivity index (χ4v) is 2.79. The van der Waals surface area contributed by atoms with Crippen molar-refractivity contribution < 1.29 is 4.74 Å². The number of ether oxygens (including phenoxy) is 1. The van der Waals surface area contributed by atoms with Crippen molar-refractivity contribution in [2.24, 2.45) is 4.99 Å². The molecule has 0 saturated carbocycles. The molecule has 134 valence electrons. The van der Waals surface area contributed by atoms with Crippen molar-refractivity contribution in [2.75, 3.05) is 26.7 Å². The summed E-state index contributed by atoms with van der Waals surface area (Å²) in [5, 5.41) is 3.41. The maximum Gasteiger partial charge on any atom is 0.213 e. The lowest BCUT2D eigenvalue weighted by Crippen LogP contribution is -2.41. The molecule has 3 heterocycles. The van der Waals surface area contributed by atoms with E-state index >= 15 is 0 Å². The molecule has 0 radical (unpaired) electrons. The van der Waals surface area contributed by atoms with E-state index in [0.717, 1.165) is 44.1 Å². The summed E-state index contributed by atoms with van der Waals surface area (Å²) in [4.78, 5) is 15.2. The minimum Gasteiger partial charge on any atom is -0.472 e. The van der Waals surface area contributed by atoms with Crippen LogP contribution in [0.1, 0.15) is 12.1 Å². The molecule has 2 aromatic heterocycles. The van der Waals surface area contributed by atoms with Crippen molar-refractivity contribution in [3.8, 4) is 5.88 Å². The van der Waals surface area contributed by atoms with Gasteiger partial charge < -0.3 is 15.0 Å². The zero-order valence-corrected chi connectivity index (χ0v) is 16.7. The third-order valence-electron chi connectivity index (χ3n) is 3.97. The average molecular weight is 453 g/mol. The second-order valence-corrected chi connectivity index (χ2v) is 5.69. The zero-order chi connectivity index (χ0) is 16.6. The minimum atomic E-state index is 0. The van der Waals surface area contributed by atoms with Crippen molar-refractivity contribution in [3.05, 3.63) is 54.5 Å². The SMILES string of the molecule is CN=C(NCCc1ccccn1)N1CCC(Oc2ccccn2)C1.I. The number of nitrogens with one attached hydrogen (secondary N) is 1. The van der Waals surface area contributed by atoms with E-state index in [-0.39, 0.29) is 30.1 Å². The first-order chi connectivity index (χ1) is 11.8. The molecular weight excluding hydrogens is 429 g/mol. The van der Waals surface area contributed by atoms with Gasteiger partial charge in [-0.15, -0.1) is 24.0 Å². The molecule has 25 heavy (non-hydrogen) atoms. The second kappa shape index (κ2) is 10.2. The first-order valence-corrected chi connectivity index (χ1v) is 8.28. The molecule has 1 aliphatic rings. The van der Waals surface area contributed by atoms with Crippen LogP contribution in [0.25, 0.3) is 0 Å². The van der Waals surface area contributed by atoms with E-state index in [1.807, 2.05) is 49.6 Å². The number of hydrogen-bond donors (Lipinski definition) is 1. The highest BCUT2D eigenvalue weighted by Gasteiger charge is 2.26. The largest absolute Gasteiger partial charge is 0.472 e. The summed E-state index contributed by atoms with van der Waals surface area (Å²) in [7, 11) is 1.82. The van der Waals surface area contributed by atoms with Crippen LogP contribution in [0.3, 0.4) is 0 Å². The molecule has 1 fully saturated rings. The van der Waals surface area contributed by atoms with E-state index in [1.54, 1.807) is 6.20 Å². The van der Waals surface area contributed by atoms with Crippen LogP contribution in [0.5, 0.6) is 5.88 Å². The number of aromatic nitrogens is 2. The normalized spacial score (nSPS) is 17.1. The number of rotatable bonds is 5. The number of pyridine rings is 2. The molecule has 1 unspecified atom stereocenters. The van der Waals surface area contributed by atoms with Gasteiger partial charge in [-0.2, -0.15) is 0 Å². The van der Waals surface area contributed by atoms with Crippen LogP contribution in [0, 0.1) is 0 Å². The number of halogens is 1. The Labute approximate surface area is 165 Å². The summed E-state index contributed by atoms with van der Waals surface area (Å²) < 4.78 is 5.93. The van der Waals surface area contributed by atoms with Gasteiger partial charge in [-0.25, -0.2) is 4.98 Å². The van der Waals surface area contributed by atoms with Crippen molar-refractivity contribution in [1.29, 1.82) is 0 Å². The molecule has 0 spiro atoms. The highest BCUT2D eigenvalue weighted by molar-refractivity contribution is 14.0. The molecule has 1 N–H and O–H groups in total. The van der Waals surface area contributed by atoms with E-state index in [2.05, 4.69) is 25.2 Å². The van der Waals surface area contributed by atoms with Crippen molar-refractivity contribution >= 4 is 29.9 Å². The Bertz CT molecular complexity index is 653. The summed E-state index contributed by atoms with van der Waals surface area (Å²) in [6.07, 6.45) is 5.57. The Morgan fingerprint density at radius 2 is 2.04 bits per heavy atom. The summed E-state index contributed by atoms with van der Waals surface area (Å²) in [6.45, 7) is 2.56. The Balaban J connectivity index is 0.00000225. The molecule has 0 bridgehead atoms. The van der Waals surface area contributed by atoms with Crippen molar-refractivity contribution in [3.63, 3.8) is 0 Å². The van der Waals surface area contributed by atoms with Crippen LogP contribution in [0.4, 0.5) is 0 Å². The van der Waals surface area contributed by atoms with Gasteiger partial charge in [-0.3, -0.25) is 9.98 Å². The number of likely N-dealkylation sites (tertiary alicyclic amines) is 1. The maximum atomic E-state index is 5.93. The Kier molecular flexibility index (Phi) is 7.90. The molecule has 0 aliphatic carbocycles. The van der Waals surface area contributed by atoms with Gasteiger partial charge in [0.1, 0.15) is 6.10 Å². The Hall–Kier alpha value is -1.90. The number of aliphatic imine (C=N–C) groups is 1. The van der Waals surface area contributed by atoms with E-state index in [9.17, 15) is 0 Å². The lowest BCUT2D eigenvalue weighted by molar-refractivity contribution is 0.205. The fraction of sp³-hybridized carbons (Fsp3) is 0.389. The van der Waals surface area contributed by atoms with Crippen LogP contribution in [-0.4, -0.2) is 53.6 Å². The predicted molar refractivity (Wildman–Crippen MR) is 110 cm³/mol. The van der Waals surface area contributed by atoms with E-state index in [0.29, 0.717) is 5.88 Å². The molecule has 1 aliphatic heterocycles. The van der Waals surface area contributed by atoms with Gasteiger partial charge in [0, 0.05) is 57.1 Å². The smallest absolute Gasteiger partial charge is 0.213 e. The summed E-state index contributed by atoms with van der Waals surface area (Å²) >= 11 is 0. The lowest BCUT2D eigenvalue weighted by atomic mass is 10.3. The van der Waals surface area contributed by atoms with Gasteiger partial charge in [0.25, 0.3) is 0 Å². The fourth-order valence-electron chi connectivity index (χ4n) is 2.79. The van der Waals surface area contributed by atoms with Crippen LogP contribution in [-0.2, 0) is 6.42 Å². The van der Waals surface area contributed by atoms with Gasteiger partial charge in [0.2, 0.25) is 5.88 Å².